The van der Waals surface area contributed by atoms with Crippen molar-refractivity contribution in [1.82, 2.24) is 19.7 Å². The number of nitrogens with one attached hydrogen (secondary N) is 1. The number of aryl methyl sites for hydroxylation is 1. The van der Waals surface area contributed by atoms with E-state index in [0.29, 0.717) is 17.0 Å². The average molecular weight is 371 g/mol. The summed E-state index contributed by atoms with van der Waals surface area (Å²) in [5.74, 6) is -0.0263. The minimum atomic E-state index is -0.252. The van der Waals surface area contributed by atoms with Gasteiger partial charge in [-0.15, -0.1) is 16.4 Å². The SMILES string of the molecule is Cn1cnc(NC(=O)c2ccc(C3CCCN3C(=O)c3ccoc3)s2)n1. The standard InChI is InChI=1S/C17H17N5O3S/c1-21-10-18-17(20-21)19-15(23)14-5-4-13(26-14)12-3-2-7-22(12)16(24)11-6-8-25-9-11/h4-6,8-10,12H,2-3,7H2,1H3,(H,19,20,23). The molecule has 4 heterocycles. The monoisotopic (exact) mass is 371 g/mol. The molecule has 3 aromatic heterocycles. The summed E-state index contributed by atoms with van der Waals surface area (Å²) in [6.07, 6.45) is 6.30. The number of rotatable bonds is 4. The fraction of sp³-hybridized carbons (Fsp3) is 0.294. The molecule has 1 atom stereocenters. The van der Waals surface area contributed by atoms with Gasteiger partial charge in [0.2, 0.25) is 5.95 Å². The van der Waals surface area contributed by atoms with E-state index in [1.54, 1.807) is 19.2 Å². The van der Waals surface area contributed by atoms with E-state index in [-0.39, 0.29) is 23.8 Å². The lowest BCUT2D eigenvalue weighted by Gasteiger charge is -2.23. The number of likely N-dealkylation sites (tertiary alicyclic amines) is 1. The summed E-state index contributed by atoms with van der Waals surface area (Å²) < 4.78 is 6.54. The highest BCUT2D eigenvalue weighted by Gasteiger charge is 2.32. The molecule has 0 spiro atoms. The molecule has 134 valence electrons. The van der Waals surface area contributed by atoms with Gasteiger partial charge in [-0.05, 0) is 31.0 Å². The zero-order chi connectivity index (χ0) is 18.1. The van der Waals surface area contributed by atoms with Gasteiger partial charge < -0.3 is 9.32 Å². The van der Waals surface area contributed by atoms with Crippen LogP contribution in [0.3, 0.4) is 0 Å². The lowest BCUT2D eigenvalue weighted by Crippen LogP contribution is -2.29. The average Bonchev–Trinajstić information content (AvgIpc) is 3.40. The molecule has 0 radical (unpaired) electrons. The van der Waals surface area contributed by atoms with Gasteiger partial charge in [0.25, 0.3) is 11.8 Å². The number of nitrogens with zero attached hydrogens (tertiary/aromatic N) is 4. The molecule has 2 amide bonds. The molecule has 1 aliphatic rings. The Labute approximate surface area is 153 Å². The summed E-state index contributed by atoms with van der Waals surface area (Å²) in [5, 5.41) is 6.72. The number of thiophene rings is 1. The number of aromatic nitrogens is 3. The summed E-state index contributed by atoms with van der Waals surface area (Å²) in [7, 11) is 1.73. The van der Waals surface area contributed by atoms with Gasteiger partial charge in [0, 0.05) is 18.5 Å². The van der Waals surface area contributed by atoms with Gasteiger partial charge in [-0.1, -0.05) is 0 Å². The molecule has 0 saturated carbocycles. The highest BCUT2D eigenvalue weighted by molar-refractivity contribution is 7.14. The zero-order valence-electron chi connectivity index (χ0n) is 14.1. The Kier molecular flexibility index (Phi) is 4.29. The second kappa shape index (κ2) is 6.75. The van der Waals surface area contributed by atoms with Crippen LogP contribution in [0.1, 0.15) is 43.8 Å². The molecular formula is C17H17N5O3S. The van der Waals surface area contributed by atoms with Crippen molar-refractivity contribution >= 4 is 29.1 Å². The Morgan fingerprint density at radius 1 is 1.35 bits per heavy atom. The number of hydrogen-bond donors (Lipinski definition) is 1. The van der Waals surface area contributed by atoms with Crippen molar-refractivity contribution in [2.24, 2.45) is 7.05 Å². The van der Waals surface area contributed by atoms with Gasteiger partial charge in [-0.2, -0.15) is 0 Å². The molecule has 0 aromatic carbocycles. The van der Waals surface area contributed by atoms with E-state index in [4.69, 9.17) is 4.42 Å². The van der Waals surface area contributed by atoms with E-state index in [9.17, 15) is 9.59 Å². The van der Waals surface area contributed by atoms with Gasteiger partial charge in [0.1, 0.15) is 12.6 Å². The van der Waals surface area contributed by atoms with E-state index in [0.717, 1.165) is 17.7 Å². The minimum Gasteiger partial charge on any atom is -0.472 e. The molecule has 9 heteroatoms. The maximum Gasteiger partial charge on any atom is 0.268 e. The molecule has 8 nitrogen and oxygen atoms in total. The largest absolute Gasteiger partial charge is 0.472 e. The van der Waals surface area contributed by atoms with Crippen LogP contribution in [0.25, 0.3) is 0 Å². The number of furan rings is 1. The van der Waals surface area contributed by atoms with Gasteiger partial charge in [0.15, 0.2) is 0 Å². The van der Waals surface area contributed by atoms with Crippen LogP contribution in [0.5, 0.6) is 0 Å². The van der Waals surface area contributed by atoms with E-state index < -0.39 is 0 Å². The number of carbonyl (C=O) groups is 2. The first-order valence-corrected chi connectivity index (χ1v) is 9.03. The fourth-order valence-corrected chi connectivity index (χ4v) is 4.12. The molecule has 26 heavy (non-hydrogen) atoms. The first-order valence-electron chi connectivity index (χ1n) is 8.22. The normalized spacial score (nSPS) is 16.8. The predicted octanol–water partition coefficient (Wildman–Crippen LogP) is 2.70. The maximum absolute atomic E-state index is 12.6. The highest BCUT2D eigenvalue weighted by atomic mass is 32.1. The van der Waals surface area contributed by atoms with E-state index in [1.165, 1.54) is 34.9 Å². The van der Waals surface area contributed by atoms with Gasteiger partial charge in [-0.3, -0.25) is 19.6 Å². The minimum absolute atomic E-state index is 0.0167. The molecule has 3 aromatic rings. The second-order valence-electron chi connectivity index (χ2n) is 6.07. The molecular weight excluding hydrogens is 354 g/mol. The molecule has 4 rings (SSSR count). The third-order valence-corrected chi connectivity index (χ3v) is 5.47. The molecule has 1 aliphatic heterocycles. The highest BCUT2D eigenvalue weighted by Crippen LogP contribution is 2.37. The molecule has 1 N–H and O–H groups in total. The summed E-state index contributed by atoms with van der Waals surface area (Å²) >= 11 is 1.39. The lowest BCUT2D eigenvalue weighted by molar-refractivity contribution is 0.0737. The Bertz CT molecular complexity index is 930. The molecule has 1 unspecified atom stereocenters. The topological polar surface area (TPSA) is 93.3 Å². The van der Waals surface area contributed by atoms with Crippen LogP contribution < -0.4 is 5.32 Å². The van der Waals surface area contributed by atoms with Gasteiger partial charge in [-0.25, -0.2) is 4.98 Å². The number of carbonyl (C=O) groups excluding carboxylic acids is 2. The van der Waals surface area contributed by atoms with Crippen LogP contribution in [0.4, 0.5) is 5.95 Å². The Balaban J connectivity index is 1.49. The van der Waals surface area contributed by atoms with Crippen molar-refractivity contribution in [3.8, 4) is 0 Å². The van der Waals surface area contributed by atoms with Crippen LogP contribution in [0.2, 0.25) is 0 Å². The van der Waals surface area contributed by atoms with E-state index in [2.05, 4.69) is 15.4 Å². The van der Waals surface area contributed by atoms with Crippen molar-refractivity contribution in [3.63, 3.8) is 0 Å². The zero-order valence-corrected chi connectivity index (χ0v) is 14.9. The van der Waals surface area contributed by atoms with Crippen LogP contribution in [-0.2, 0) is 7.05 Å². The summed E-state index contributed by atoms with van der Waals surface area (Å²) in [6, 6.07) is 5.34. The van der Waals surface area contributed by atoms with Crippen molar-refractivity contribution in [1.29, 1.82) is 0 Å². The Morgan fingerprint density at radius 3 is 2.96 bits per heavy atom. The third kappa shape index (κ3) is 3.13. The van der Waals surface area contributed by atoms with Crippen molar-refractivity contribution in [2.45, 2.75) is 18.9 Å². The van der Waals surface area contributed by atoms with Gasteiger partial charge in [0.05, 0.1) is 22.7 Å². The summed E-state index contributed by atoms with van der Waals surface area (Å²) in [6.45, 7) is 0.700. The predicted molar refractivity (Wildman–Crippen MR) is 95.0 cm³/mol. The van der Waals surface area contributed by atoms with Gasteiger partial charge >= 0.3 is 0 Å². The number of amides is 2. The quantitative estimate of drug-likeness (QED) is 0.761. The van der Waals surface area contributed by atoms with Crippen LogP contribution >= 0.6 is 11.3 Å². The lowest BCUT2D eigenvalue weighted by atomic mass is 10.1. The number of anilines is 1. The molecule has 1 fully saturated rings. The maximum atomic E-state index is 12.6. The number of hydrogen-bond acceptors (Lipinski definition) is 6. The Hall–Kier alpha value is -2.94. The third-order valence-electron chi connectivity index (χ3n) is 4.29. The molecule has 1 saturated heterocycles. The van der Waals surface area contributed by atoms with Crippen LogP contribution in [0, 0.1) is 0 Å². The summed E-state index contributed by atoms with van der Waals surface area (Å²) in [4.78, 5) is 32.4. The first-order chi connectivity index (χ1) is 12.6. The van der Waals surface area contributed by atoms with Crippen molar-refractivity contribution in [2.75, 3.05) is 11.9 Å². The van der Waals surface area contributed by atoms with Crippen LogP contribution in [0.15, 0.2) is 41.5 Å². The molecule has 0 aliphatic carbocycles. The second-order valence-corrected chi connectivity index (χ2v) is 7.18. The first kappa shape index (κ1) is 16.5. The summed E-state index contributed by atoms with van der Waals surface area (Å²) in [5.41, 5.74) is 0.549. The smallest absolute Gasteiger partial charge is 0.268 e. The van der Waals surface area contributed by atoms with Crippen molar-refractivity contribution < 1.29 is 14.0 Å². The van der Waals surface area contributed by atoms with Crippen molar-refractivity contribution in [3.05, 3.63) is 52.4 Å². The fourth-order valence-electron chi connectivity index (χ4n) is 3.07. The van der Waals surface area contributed by atoms with E-state index in [1.807, 2.05) is 11.0 Å². The molecule has 0 bridgehead atoms. The Morgan fingerprint density at radius 2 is 2.23 bits per heavy atom. The van der Waals surface area contributed by atoms with Crippen LogP contribution in [-0.4, -0.2) is 38.0 Å². The van der Waals surface area contributed by atoms with E-state index >= 15 is 0 Å².